The minimum atomic E-state index is -0.465. The molecule has 0 unspecified atom stereocenters. The summed E-state index contributed by atoms with van der Waals surface area (Å²) in [6, 6.07) is 5.94. The highest BCUT2D eigenvalue weighted by Crippen LogP contribution is 2.24. The molecule has 2 aromatic heterocycles. The Labute approximate surface area is 150 Å². The highest BCUT2D eigenvalue weighted by molar-refractivity contribution is 14.1. The predicted molar refractivity (Wildman–Crippen MR) is 99.4 cm³/mol. The van der Waals surface area contributed by atoms with Crippen LogP contribution in [0.15, 0.2) is 33.9 Å². The molecule has 0 spiro atoms. The standard InChI is InChI=1S/C16H14FIN4O2/c1-8-19-15-14(16(24)21(8)2)12(7-13(23)22(15)3)20-11-5-4-9(18)6-10(11)17/h4-7,20H,1-3H3. The van der Waals surface area contributed by atoms with E-state index in [0.717, 1.165) is 3.57 Å². The highest BCUT2D eigenvalue weighted by atomic mass is 127. The van der Waals surface area contributed by atoms with E-state index in [1.165, 1.54) is 21.3 Å². The summed E-state index contributed by atoms with van der Waals surface area (Å²) in [5, 5.41) is 3.09. The predicted octanol–water partition coefficient (Wildman–Crippen LogP) is 2.43. The second-order valence-electron chi connectivity index (χ2n) is 5.43. The summed E-state index contributed by atoms with van der Waals surface area (Å²) in [6.07, 6.45) is 0. The third-order valence-electron chi connectivity index (χ3n) is 3.88. The number of halogens is 2. The average molecular weight is 440 g/mol. The van der Waals surface area contributed by atoms with Gasteiger partial charge in [0, 0.05) is 23.7 Å². The van der Waals surface area contributed by atoms with Gasteiger partial charge in [-0.15, -0.1) is 0 Å². The Morgan fingerprint density at radius 2 is 1.83 bits per heavy atom. The molecule has 0 atom stereocenters. The van der Waals surface area contributed by atoms with Crippen molar-refractivity contribution in [1.29, 1.82) is 0 Å². The van der Waals surface area contributed by atoms with Gasteiger partial charge in [-0.05, 0) is 47.7 Å². The van der Waals surface area contributed by atoms with Gasteiger partial charge in [0.2, 0.25) is 0 Å². The topological polar surface area (TPSA) is 68.9 Å². The maximum Gasteiger partial charge on any atom is 0.264 e. The first-order valence-electron chi connectivity index (χ1n) is 7.09. The first-order chi connectivity index (χ1) is 11.3. The fourth-order valence-corrected chi connectivity index (χ4v) is 2.86. The molecule has 0 aliphatic carbocycles. The zero-order valence-corrected chi connectivity index (χ0v) is 15.4. The smallest absolute Gasteiger partial charge is 0.264 e. The van der Waals surface area contributed by atoms with Crippen LogP contribution in [-0.4, -0.2) is 14.1 Å². The molecule has 0 aliphatic heterocycles. The molecular weight excluding hydrogens is 426 g/mol. The van der Waals surface area contributed by atoms with E-state index in [2.05, 4.69) is 10.3 Å². The number of aryl methyl sites for hydroxylation is 2. The van der Waals surface area contributed by atoms with Crippen LogP contribution in [0.1, 0.15) is 5.82 Å². The van der Waals surface area contributed by atoms with Crippen molar-refractivity contribution in [3.63, 3.8) is 0 Å². The Bertz CT molecular complexity index is 1090. The number of hydrogen-bond acceptors (Lipinski definition) is 4. The summed E-state index contributed by atoms with van der Waals surface area (Å²) >= 11 is 2.01. The van der Waals surface area contributed by atoms with Crippen LogP contribution >= 0.6 is 22.6 Å². The van der Waals surface area contributed by atoms with Gasteiger partial charge < -0.3 is 5.32 Å². The van der Waals surface area contributed by atoms with Gasteiger partial charge in [-0.25, -0.2) is 9.37 Å². The van der Waals surface area contributed by atoms with Gasteiger partial charge in [-0.3, -0.25) is 18.7 Å². The van der Waals surface area contributed by atoms with Crippen LogP contribution in [0.5, 0.6) is 0 Å². The number of benzene rings is 1. The molecule has 0 amide bonds. The summed E-state index contributed by atoms with van der Waals surface area (Å²) in [6.45, 7) is 1.68. The summed E-state index contributed by atoms with van der Waals surface area (Å²) in [7, 11) is 3.15. The van der Waals surface area contributed by atoms with E-state index in [1.54, 1.807) is 33.2 Å². The van der Waals surface area contributed by atoms with Crippen molar-refractivity contribution in [2.75, 3.05) is 5.32 Å². The van der Waals surface area contributed by atoms with Crippen molar-refractivity contribution < 1.29 is 4.39 Å². The molecule has 1 aromatic carbocycles. The molecular formula is C16H14FIN4O2. The Hall–Kier alpha value is -2.23. The quantitative estimate of drug-likeness (QED) is 0.622. The lowest BCUT2D eigenvalue weighted by Gasteiger charge is -2.14. The Balaban J connectivity index is 2.32. The lowest BCUT2D eigenvalue weighted by Crippen LogP contribution is -2.27. The van der Waals surface area contributed by atoms with E-state index < -0.39 is 5.82 Å². The van der Waals surface area contributed by atoms with Crippen molar-refractivity contribution in [3.8, 4) is 0 Å². The minimum absolute atomic E-state index is 0.188. The Kier molecular flexibility index (Phi) is 4.16. The number of pyridine rings is 1. The van der Waals surface area contributed by atoms with Crippen LogP contribution in [0.4, 0.5) is 15.8 Å². The van der Waals surface area contributed by atoms with Crippen LogP contribution in [-0.2, 0) is 14.1 Å². The van der Waals surface area contributed by atoms with Crippen LogP contribution in [0, 0.1) is 16.3 Å². The number of anilines is 2. The van der Waals surface area contributed by atoms with Gasteiger partial charge in [0.25, 0.3) is 11.1 Å². The van der Waals surface area contributed by atoms with Crippen molar-refractivity contribution in [2.24, 2.45) is 14.1 Å². The van der Waals surface area contributed by atoms with Gasteiger partial charge in [0.05, 0.1) is 11.4 Å². The molecule has 0 aliphatic rings. The minimum Gasteiger partial charge on any atom is -0.352 e. The normalized spacial score (nSPS) is 11.0. The Morgan fingerprint density at radius 1 is 1.12 bits per heavy atom. The van der Waals surface area contributed by atoms with Crippen molar-refractivity contribution in [3.05, 3.63) is 60.2 Å². The van der Waals surface area contributed by atoms with E-state index >= 15 is 0 Å². The zero-order valence-electron chi connectivity index (χ0n) is 13.2. The van der Waals surface area contributed by atoms with Crippen LogP contribution in [0.3, 0.4) is 0 Å². The lowest BCUT2D eigenvalue weighted by molar-refractivity contribution is 0.631. The molecule has 2 heterocycles. The molecule has 3 rings (SSSR count). The zero-order chi connectivity index (χ0) is 17.6. The second kappa shape index (κ2) is 6.00. The van der Waals surface area contributed by atoms with Gasteiger partial charge in [0.1, 0.15) is 17.0 Å². The third kappa shape index (κ3) is 2.70. The van der Waals surface area contributed by atoms with Crippen LogP contribution < -0.4 is 16.4 Å². The maximum atomic E-state index is 14.1. The molecule has 0 saturated heterocycles. The van der Waals surface area contributed by atoms with Crippen LogP contribution in [0.25, 0.3) is 11.0 Å². The fraction of sp³-hybridized carbons (Fsp3) is 0.188. The lowest BCUT2D eigenvalue weighted by atomic mass is 10.2. The van der Waals surface area contributed by atoms with Gasteiger partial charge >= 0.3 is 0 Å². The monoisotopic (exact) mass is 440 g/mol. The summed E-state index contributed by atoms with van der Waals surface area (Å²) in [4.78, 5) is 29.1. The summed E-state index contributed by atoms with van der Waals surface area (Å²) in [5.74, 6) is 0.0210. The molecule has 0 fully saturated rings. The molecule has 1 N–H and O–H groups in total. The second-order valence-corrected chi connectivity index (χ2v) is 6.67. The molecule has 24 heavy (non-hydrogen) atoms. The molecule has 0 saturated carbocycles. The third-order valence-corrected chi connectivity index (χ3v) is 4.55. The summed E-state index contributed by atoms with van der Waals surface area (Å²) in [5.41, 5.74) is 0.0445. The number of nitrogens with one attached hydrogen (secondary N) is 1. The first kappa shape index (κ1) is 16.6. The van der Waals surface area contributed by atoms with Crippen molar-refractivity contribution in [1.82, 2.24) is 14.1 Å². The average Bonchev–Trinajstić information content (AvgIpc) is 2.52. The van der Waals surface area contributed by atoms with E-state index in [4.69, 9.17) is 0 Å². The molecule has 0 bridgehead atoms. The van der Waals surface area contributed by atoms with Gasteiger partial charge in [-0.1, -0.05) is 0 Å². The molecule has 0 radical (unpaired) electrons. The largest absolute Gasteiger partial charge is 0.352 e. The van der Waals surface area contributed by atoms with E-state index in [1.807, 2.05) is 22.6 Å². The molecule has 8 heteroatoms. The maximum absolute atomic E-state index is 14.1. The Morgan fingerprint density at radius 3 is 2.50 bits per heavy atom. The highest BCUT2D eigenvalue weighted by Gasteiger charge is 2.15. The molecule has 124 valence electrons. The number of nitrogens with zero attached hydrogens (tertiary/aromatic N) is 3. The summed E-state index contributed by atoms with van der Waals surface area (Å²) < 4.78 is 17.6. The number of rotatable bonds is 2. The van der Waals surface area contributed by atoms with Gasteiger partial charge in [0.15, 0.2) is 5.65 Å². The number of hydrogen-bond donors (Lipinski definition) is 1. The molecule has 3 aromatic rings. The van der Waals surface area contributed by atoms with E-state index in [-0.39, 0.29) is 33.5 Å². The van der Waals surface area contributed by atoms with E-state index in [0.29, 0.717) is 5.82 Å². The first-order valence-corrected chi connectivity index (χ1v) is 8.17. The van der Waals surface area contributed by atoms with Gasteiger partial charge in [-0.2, -0.15) is 0 Å². The van der Waals surface area contributed by atoms with Crippen LogP contribution in [0.2, 0.25) is 0 Å². The van der Waals surface area contributed by atoms with E-state index in [9.17, 15) is 14.0 Å². The number of fused-ring (bicyclic) bond motifs is 1. The molecule has 6 nitrogen and oxygen atoms in total. The fourth-order valence-electron chi connectivity index (χ4n) is 2.40. The van der Waals surface area contributed by atoms with Crippen molar-refractivity contribution in [2.45, 2.75) is 6.92 Å². The SMILES string of the molecule is Cc1nc2c(c(Nc3ccc(I)cc3F)cc(=O)n2C)c(=O)n1C. The number of aromatic nitrogens is 3. The van der Waals surface area contributed by atoms with Crippen molar-refractivity contribution >= 4 is 45.0 Å².